The summed E-state index contributed by atoms with van der Waals surface area (Å²) in [5.41, 5.74) is 8.53. The van der Waals surface area contributed by atoms with Crippen LogP contribution in [0.1, 0.15) is 42.4 Å². The highest BCUT2D eigenvalue weighted by Gasteiger charge is 2.66. The smallest absolute Gasteiger partial charge is 0.262 e. The molecule has 2 aromatic rings. The number of benzene rings is 2. The first-order valence-electron chi connectivity index (χ1n) is 10.8. The van der Waals surface area contributed by atoms with Crippen molar-refractivity contribution in [2.45, 2.75) is 50.3 Å². The van der Waals surface area contributed by atoms with E-state index in [0.29, 0.717) is 12.2 Å². The number of amides is 1. The first kappa shape index (κ1) is 19.8. The molecule has 3 aliphatic rings. The fourth-order valence-electron chi connectivity index (χ4n) is 5.84. The van der Waals surface area contributed by atoms with E-state index >= 15 is 0 Å². The van der Waals surface area contributed by atoms with Gasteiger partial charge in [0.15, 0.2) is 17.2 Å². The van der Waals surface area contributed by atoms with Crippen molar-refractivity contribution in [2.24, 2.45) is 16.1 Å². The number of methoxy groups -OCH3 is 1. The molecule has 0 radical (unpaired) electrons. The first-order chi connectivity index (χ1) is 15.0. The predicted molar refractivity (Wildman–Crippen MR) is 118 cm³/mol. The molecule has 5 rings (SSSR count). The molecule has 31 heavy (non-hydrogen) atoms. The summed E-state index contributed by atoms with van der Waals surface area (Å²) in [4.78, 5) is 24.3. The SMILES string of the molecule is [C-]#[N+]c1ccc2c(c1)C1(N=C(N)N(Cc3ccccc3)C1=O)[C@]1(CC[C@H](OC)CC1)C2. The van der Waals surface area contributed by atoms with Crippen molar-refractivity contribution in [3.05, 3.63) is 76.6 Å². The monoisotopic (exact) mass is 414 g/mol. The van der Waals surface area contributed by atoms with Crippen LogP contribution in [0.3, 0.4) is 0 Å². The van der Waals surface area contributed by atoms with E-state index in [4.69, 9.17) is 22.0 Å². The number of carbonyl (C=O) groups excluding carboxylic acids is 1. The molecule has 1 heterocycles. The summed E-state index contributed by atoms with van der Waals surface area (Å²) in [6.45, 7) is 7.88. The highest BCUT2D eigenvalue weighted by atomic mass is 16.5. The van der Waals surface area contributed by atoms with Gasteiger partial charge in [0.1, 0.15) is 0 Å². The van der Waals surface area contributed by atoms with Crippen LogP contribution >= 0.6 is 0 Å². The summed E-state index contributed by atoms with van der Waals surface area (Å²) in [5.74, 6) is 0.203. The number of rotatable bonds is 3. The highest BCUT2D eigenvalue weighted by Crippen LogP contribution is 2.62. The third-order valence-corrected chi connectivity index (χ3v) is 7.43. The number of guanidine groups is 1. The van der Waals surface area contributed by atoms with Crippen molar-refractivity contribution in [2.75, 3.05) is 7.11 Å². The third-order valence-electron chi connectivity index (χ3n) is 7.43. The van der Waals surface area contributed by atoms with Crippen LogP contribution < -0.4 is 5.73 Å². The van der Waals surface area contributed by atoms with E-state index in [0.717, 1.165) is 48.8 Å². The number of ether oxygens (including phenoxy) is 1. The lowest BCUT2D eigenvalue weighted by Gasteiger charge is -2.45. The van der Waals surface area contributed by atoms with Crippen molar-refractivity contribution < 1.29 is 9.53 Å². The molecule has 6 heteroatoms. The fraction of sp³-hybridized carbons (Fsp3) is 0.400. The minimum atomic E-state index is -1.05. The molecule has 6 nitrogen and oxygen atoms in total. The van der Waals surface area contributed by atoms with Gasteiger partial charge in [-0.15, -0.1) is 0 Å². The van der Waals surface area contributed by atoms with Crippen LogP contribution in [0.4, 0.5) is 5.69 Å². The maximum absolute atomic E-state index is 14.2. The molecule has 1 fully saturated rings. The Kier molecular flexibility index (Phi) is 4.60. The van der Waals surface area contributed by atoms with E-state index in [1.807, 2.05) is 48.5 Å². The lowest BCUT2D eigenvalue weighted by molar-refractivity contribution is -0.138. The molecule has 1 amide bonds. The Labute approximate surface area is 182 Å². The summed E-state index contributed by atoms with van der Waals surface area (Å²) in [7, 11) is 1.75. The Balaban J connectivity index is 1.62. The Bertz CT molecular complexity index is 1100. The molecule has 2 spiro atoms. The van der Waals surface area contributed by atoms with E-state index in [-0.39, 0.29) is 23.4 Å². The molecule has 1 atom stereocenters. The molecule has 1 unspecified atom stereocenters. The van der Waals surface area contributed by atoms with Crippen molar-refractivity contribution in [1.29, 1.82) is 0 Å². The molecule has 1 saturated carbocycles. The highest BCUT2D eigenvalue weighted by molar-refractivity contribution is 6.08. The summed E-state index contributed by atoms with van der Waals surface area (Å²) >= 11 is 0. The molecular formula is C25H26N4O2. The Morgan fingerprint density at radius 2 is 1.97 bits per heavy atom. The van der Waals surface area contributed by atoms with Gasteiger partial charge in [-0.25, -0.2) is 9.84 Å². The first-order valence-corrected chi connectivity index (χ1v) is 10.8. The van der Waals surface area contributed by atoms with Gasteiger partial charge >= 0.3 is 0 Å². The van der Waals surface area contributed by atoms with E-state index in [1.165, 1.54) is 0 Å². The lowest BCUT2D eigenvalue weighted by Crippen LogP contribution is -2.52. The van der Waals surface area contributed by atoms with Gasteiger partial charge in [-0.3, -0.25) is 9.69 Å². The summed E-state index contributed by atoms with van der Waals surface area (Å²) < 4.78 is 5.61. The quantitative estimate of drug-likeness (QED) is 0.774. The molecule has 2 N–H and O–H groups in total. The Hall–Kier alpha value is -3.17. The second-order valence-corrected chi connectivity index (χ2v) is 8.90. The van der Waals surface area contributed by atoms with Crippen molar-refractivity contribution in [3.63, 3.8) is 0 Å². The average Bonchev–Trinajstić information content (AvgIpc) is 3.21. The fourth-order valence-corrected chi connectivity index (χ4v) is 5.84. The van der Waals surface area contributed by atoms with Crippen LogP contribution in [0.2, 0.25) is 0 Å². The number of hydrogen-bond acceptors (Lipinski definition) is 4. The van der Waals surface area contributed by atoms with Gasteiger partial charge in [-0.1, -0.05) is 48.5 Å². The van der Waals surface area contributed by atoms with Crippen LogP contribution in [-0.4, -0.2) is 30.0 Å². The van der Waals surface area contributed by atoms with Gasteiger partial charge in [0.05, 0.1) is 19.2 Å². The van der Waals surface area contributed by atoms with Gasteiger partial charge < -0.3 is 10.5 Å². The summed E-state index contributed by atoms with van der Waals surface area (Å²) in [6, 6.07) is 15.6. The number of nitrogens with zero attached hydrogens (tertiary/aromatic N) is 3. The molecule has 2 aliphatic carbocycles. The van der Waals surface area contributed by atoms with E-state index < -0.39 is 5.54 Å². The van der Waals surface area contributed by atoms with Crippen LogP contribution in [0.5, 0.6) is 0 Å². The standard InChI is InChI=1S/C25H26N4O2/c1-27-19-9-8-18-15-24(12-10-20(31-2)11-13-24)25(21(18)14-19)22(30)29(23(26)28-25)16-17-6-4-3-5-7-17/h3-9,14,20H,10-13,15-16H2,2H3,(H2,26,28)/t20-,24-,25?. The minimum absolute atomic E-state index is 0.0643. The Morgan fingerprint density at radius 1 is 1.23 bits per heavy atom. The van der Waals surface area contributed by atoms with Gasteiger partial charge in [0, 0.05) is 12.5 Å². The lowest BCUT2D eigenvalue weighted by atomic mass is 9.61. The Morgan fingerprint density at radius 3 is 2.65 bits per heavy atom. The second kappa shape index (κ2) is 7.21. The van der Waals surface area contributed by atoms with E-state index in [2.05, 4.69) is 4.85 Å². The molecule has 0 bridgehead atoms. The molecule has 0 aromatic heterocycles. The minimum Gasteiger partial charge on any atom is -0.381 e. The maximum Gasteiger partial charge on any atom is 0.262 e. The topological polar surface area (TPSA) is 72.3 Å². The molecular weight excluding hydrogens is 388 g/mol. The molecule has 158 valence electrons. The number of carbonyl (C=O) groups is 1. The zero-order chi connectivity index (χ0) is 21.6. The average molecular weight is 415 g/mol. The number of nitrogens with two attached hydrogens (primary N) is 1. The van der Waals surface area contributed by atoms with Crippen molar-refractivity contribution in [1.82, 2.24) is 4.90 Å². The van der Waals surface area contributed by atoms with Crippen LogP contribution in [0, 0.1) is 12.0 Å². The molecule has 2 aromatic carbocycles. The second-order valence-electron chi connectivity index (χ2n) is 8.90. The van der Waals surface area contributed by atoms with E-state index in [9.17, 15) is 4.79 Å². The van der Waals surface area contributed by atoms with E-state index in [1.54, 1.807) is 12.0 Å². The van der Waals surface area contributed by atoms with Gasteiger partial charge in [-0.05, 0) is 48.8 Å². The normalized spacial score (nSPS) is 29.3. The number of hydrogen-bond donors (Lipinski definition) is 1. The predicted octanol–water partition coefficient (Wildman–Crippen LogP) is 3.92. The molecule has 1 aliphatic heterocycles. The largest absolute Gasteiger partial charge is 0.381 e. The number of aliphatic imine (C=N–C) groups is 1. The maximum atomic E-state index is 14.2. The summed E-state index contributed by atoms with van der Waals surface area (Å²) in [5, 5.41) is 0. The zero-order valence-electron chi connectivity index (χ0n) is 17.7. The van der Waals surface area contributed by atoms with Gasteiger partial charge in [0.25, 0.3) is 5.91 Å². The van der Waals surface area contributed by atoms with Crippen LogP contribution in [0.25, 0.3) is 4.85 Å². The summed E-state index contributed by atoms with van der Waals surface area (Å²) in [6.07, 6.45) is 4.46. The van der Waals surface area contributed by atoms with Crippen molar-refractivity contribution in [3.8, 4) is 0 Å². The van der Waals surface area contributed by atoms with Crippen LogP contribution in [0.15, 0.2) is 53.5 Å². The molecule has 0 saturated heterocycles. The number of fused-ring (bicyclic) bond motifs is 3. The van der Waals surface area contributed by atoms with Gasteiger partial charge in [0.2, 0.25) is 0 Å². The van der Waals surface area contributed by atoms with Crippen LogP contribution in [-0.2, 0) is 28.0 Å². The van der Waals surface area contributed by atoms with Crippen molar-refractivity contribution >= 4 is 17.6 Å². The third kappa shape index (κ3) is 2.80. The van der Waals surface area contributed by atoms with Gasteiger partial charge in [-0.2, -0.15) is 0 Å². The zero-order valence-corrected chi connectivity index (χ0v) is 17.7.